The minimum absolute atomic E-state index is 0.0669. The highest BCUT2D eigenvalue weighted by molar-refractivity contribution is 5.73. The number of carbonyl (C=O) groups is 1. The molecule has 0 spiro atoms. The van der Waals surface area contributed by atoms with Crippen LogP contribution in [0.4, 0.5) is 4.79 Å². The molecule has 0 aromatic carbocycles. The van der Waals surface area contributed by atoms with E-state index in [1.807, 2.05) is 11.9 Å². The van der Waals surface area contributed by atoms with Gasteiger partial charge in [0.15, 0.2) is 5.82 Å². The van der Waals surface area contributed by atoms with Crippen LogP contribution < -0.4 is 0 Å². The van der Waals surface area contributed by atoms with Gasteiger partial charge in [-0.1, -0.05) is 5.16 Å². The van der Waals surface area contributed by atoms with Crippen LogP contribution in [0.15, 0.2) is 4.52 Å². The van der Waals surface area contributed by atoms with Gasteiger partial charge in [0.2, 0.25) is 5.89 Å². The number of aryl methyl sites for hydroxylation is 1. The lowest BCUT2D eigenvalue weighted by atomic mass is 10.0. The van der Waals surface area contributed by atoms with Gasteiger partial charge in [0.1, 0.15) is 0 Å². The van der Waals surface area contributed by atoms with Gasteiger partial charge in [-0.15, -0.1) is 0 Å². The number of nitrogens with zero attached hydrogens (tertiary/aromatic N) is 5. The second-order valence-corrected chi connectivity index (χ2v) is 5.52. The zero-order valence-corrected chi connectivity index (χ0v) is 12.7. The van der Waals surface area contributed by atoms with Gasteiger partial charge in [0.25, 0.3) is 0 Å². The first kappa shape index (κ1) is 14.8. The summed E-state index contributed by atoms with van der Waals surface area (Å²) in [5.41, 5.74) is 0. The van der Waals surface area contributed by atoms with Crippen molar-refractivity contribution in [2.75, 3.05) is 34.2 Å². The minimum atomic E-state index is 0.0669. The second kappa shape index (κ2) is 6.21. The molecule has 20 heavy (non-hydrogen) atoms. The lowest BCUT2D eigenvalue weighted by molar-refractivity contribution is 0.116. The summed E-state index contributed by atoms with van der Waals surface area (Å²) in [6.45, 7) is 4.41. The lowest BCUT2D eigenvalue weighted by Crippen LogP contribution is -2.48. The van der Waals surface area contributed by atoms with E-state index in [1.54, 1.807) is 25.9 Å². The van der Waals surface area contributed by atoms with Crippen molar-refractivity contribution in [3.63, 3.8) is 0 Å². The van der Waals surface area contributed by atoms with Crippen molar-refractivity contribution in [3.05, 3.63) is 11.7 Å². The molecule has 0 radical (unpaired) electrons. The Balaban J connectivity index is 1.81. The van der Waals surface area contributed by atoms with Crippen LogP contribution >= 0.6 is 0 Å². The standard InChI is InChI=1S/C13H23N5O2/c1-10-14-12(15-20-10)9-18-7-5-11(6-8-18)17(4)13(19)16(2)3/h11H,5-9H2,1-4H3. The molecular weight excluding hydrogens is 258 g/mol. The van der Waals surface area contributed by atoms with E-state index in [2.05, 4.69) is 15.0 Å². The highest BCUT2D eigenvalue weighted by Crippen LogP contribution is 2.17. The number of urea groups is 1. The topological polar surface area (TPSA) is 65.7 Å². The lowest BCUT2D eigenvalue weighted by Gasteiger charge is -2.37. The number of carbonyl (C=O) groups excluding carboxylic acids is 1. The van der Waals surface area contributed by atoms with E-state index >= 15 is 0 Å². The predicted octanol–water partition coefficient (Wildman–Crippen LogP) is 0.956. The summed E-state index contributed by atoms with van der Waals surface area (Å²) >= 11 is 0. The van der Waals surface area contributed by atoms with E-state index in [9.17, 15) is 4.79 Å². The number of hydrogen-bond donors (Lipinski definition) is 0. The molecule has 2 amide bonds. The fraction of sp³-hybridized carbons (Fsp3) is 0.769. The number of amides is 2. The maximum Gasteiger partial charge on any atom is 0.319 e. The van der Waals surface area contributed by atoms with Crippen molar-refractivity contribution < 1.29 is 9.32 Å². The molecule has 1 fully saturated rings. The van der Waals surface area contributed by atoms with Crippen LogP contribution in [-0.4, -0.2) is 71.1 Å². The third-order valence-electron chi connectivity index (χ3n) is 3.72. The normalized spacial score (nSPS) is 17.2. The molecule has 0 aliphatic carbocycles. The Morgan fingerprint density at radius 3 is 2.50 bits per heavy atom. The molecule has 1 aromatic heterocycles. The molecule has 2 rings (SSSR count). The molecule has 0 atom stereocenters. The molecule has 7 nitrogen and oxygen atoms in total. The largest absolute Gasteiger partial charge is 0.340 e. The quantitative estimate of drug-likeness (QED) is 0.825. The number of likely N-dealkylation sites (tertiary alicyclic amines) is 1. The van der Waals surface area contributed by atoms with Crippen LogP contribution in [0.5, 0.6) is 0 Å². The molecule has 1 aromatic rings. The highest BCUT2D eigenvalue weighted by Gasteiger charge is 2.26. The number of aromatic nitrogens is 2. The maximum absolute atomic E-state index is 11.9. The Bertz CT molecular complexity index is 451. The van der Waals surface area contributed by atoms with Gasteiger partial charge >= 0.3 is 6.03 Å². The average Bonchev–Trinajstić information content (AvgIpc) is 2.83. The van der Waals surface area contributed by atoms with E-state index in [4.69, 9.17) is 4.52 Å². The Labute approximate surface area is 119 Å². The molecule has 1 saturated heterocycles. The van der Waals surface area contributed by atoms with Gasteiger partial charge < -0.3 is 14.3 Å². The summed E-state index contributed by atoms with van der Waals surface area (Å²) in [4.78, 5) is 21.9. The van der Waals surface area contributed by atoms with Gasteiger partial charge in [0, 0.05) is 47.2 Å². The smallest absolute Gasteiger partial charge is 0.319 e. The number of rotatable bonds is 3. The van der Waals surface area contributed by atoms with Crippen LogP contribution in [-0.2, 0) is 6.54 Å². The monoisotopic (exact) mass is 281 g/mol. The zero-order chi connectivity index (χ0) is 14.7. The summed E-state index contributed by atoms with van der Waals surface area (Å²) in [5.74, 6) is 1.34. The Morgan fingerprint density at radius 2 is 2.00 bits per heavy atom. The first-order chi connectivity index (χ1) is 9.47. The summed E-state index contributed by atoms with van der Waals surface area (Å²) in [6.07, 6.45) is 1.96. The van der Waals surface area contributed by atoms with E-state index in [0.717, 1.165) is 38.3 Å². The van der Waals surface area contributed by atoms with Crippen LogP contribution in [0.3, 0.4) is 0 Å². The van der Waals surface area contributed by atoms with E-state index in [0.29, 0.717) is 11.9 Å². The van der Waals surface area contributed by atoms with Crippen molar-refractivity contribution in [2.24, 2.45) is 0 Å². The molecule has 0 N–H and O–H groups in total. The van der Waals surface area contributed by atoms with Crippen LogP contribution in [0.25, 0.3) is 0 Å². The van der Waals surface area contributed by atoms with Crippen molar-refractivity contribution >= 4 is 6.03 Å². The molecule has 0 bridgehead atoms. The van der Waals surface area contributed by atoms with Crippen LogP contribution in [0.2, 0.25) is 0 Å². The third-order valence-corrected chi connectivity index (χ3v) is 3.72. The summed E-state index contributed by atoms with van der Waals surface area (Å²) in [7, 11) is 5.45. The molecular formula is C13H23N5O2. The average molecular weight is 281 g/mol. The Kier molecular flexibility index (Phi) is 4.59. The fourth-order valence-electron chi connectivity index (χ4n) is 2.54. The van der Waals surface area contributed by atoms with Gasteiger partial charge in [0.05, 0.1) is 6.54 Å². The van der Waals surface area contributed by atoms with Gasteiger partial charge in [-0.05, 0) is 12.8 Å². The second-order valence-electron chi connectivity index (χ2n) is 5.52. The molecule has 1 aliphatic rings. The maximum atomic E-state index is 11.9. The fourth-order valence-corrected chi connectivity index (χ4v) is 2.54. The summed E-state index contributed by atoms with van der Waals surface area (Å²) < 4.78 is 4.98. The first-order valence-corrected chi connectivity index (χ1v) is 6.93. The van der Waals surface area contributed by atoms with E-state index in [1.165, 1.54) is 0 Å². The molecule has 0 unspecified atom stereocenters. The SMILES string of the molecule is Cc1nc(CN2CCC(N(C)C(=O)N(C)C)CC2)no1. The minimum Gasteiger partial charge on any atom is -0.340 e. The third kappa shape index (κ3) is 3.47. The number of hydrogen-bond acceptors (Lipinski definition) is 5. The predicted molar refractivity (Wildman–Crippen MR) is 74.2 cm³/mol. The van der Waals surface area contributed by atoms with E-state index < -0.39 is 0 Å². The van der Waals surface area contributed by atoms with Crippen molar-refractivity contribution in [2.45, 2.75) is 32.4 Å². The summed E-state index contributed by atoms with van der Waals surface area (Å²) in [6, 6.07) is 0.380. The molecule has 0 saturated carbocycles. The Morgan fingerprint density at radius 1 is 1.35 bits per heavy atom. The molecule has 7 heteroatoms. The van der Waals surface area contributed by atoms with Crippen molar-refractivity contribution in [1.29, 1.82) is 0 Å². The van der Waals surface area contributed by atoms with E-state index in [-0.39, 0.29) is 6.03 Å². The van der Waals surface area contributed by atoms with Gasteiger partial charge in [-0.2, -0.15) is 4.98 Å². The Hall–Kier alpha value is -1.63. The first-order valence-electron chi connectivity index (χ1n) is 6.93. The van der Waals surface area contributed by atoms with Crippen LogP contribution in [0, 0.1) is 6.92 Å². The highest BCUT2D eigenvalue weighted by atomic mass is 16.5. The van der Waals surface area contributed by atoms with Gasteiger partial charge in [-0.3, -0.25) is 4.90 Å². The number of piperidine rings is 1. The van der Waals surface area contributed by atoms with Crippen molar-refractivity contribution in [1.82, 2.24) is 24.8 Å². The van der Waals surface area contributed by atoms with Crippen molar-refractivity contribution in [3.8, 4) is 0 Å². The molecule has 1 aliphatic heterocycles. The molecule has 2 heterocycles. The molecule has 112 valence electrons. The van der Waals surface area contributed by atoms with Crippen LogP contribution in [0.1, 0.15) is 24.6 Å². The zero-order valence-electron chi connectivity index (χ0n) is 12.7. The summed E-state index contributed by atoms with van der Waals surface area (Å²) in [5, 5.41) is 3.92. The van der Waals surface area contributed by atoms with Gasteiger partial charge in [-0.25, -0.2) is 4.79 Å².